The second-order valence-electron chi connectivity index (χ2n) is 4.60. The van der Waals surface area contributed by atoms with Gasteiger partial charge in [0.05, 0.1) is 10.5 Å². The predicted octanol–water partition coefficient (Wildman–Crippen LogP) is 3.54. The van der Waals surface area contributed by atoms with Crippen molar-refractivity contribution >= 4 is 23.1 Å². The van der Waals surface area contributed by atoms with Gasteiger partial charge in [-0.15, -0.1) is 0 Å². The number of halogens is 1. The summed E-state index contributed by atoms with van der Waals surface area (Å²) in [6, 6.07) is 4.14. The molecule has 21 heavy (non-hydrogen) atoms. The van der Waals surface area contributed by atoms with Crippen LogP contribution in [0.3, 0.4) is 0 Å². The summed E-state index contributed by atoms with van der Waals surface area (Å²) in [6.07, 6.45) is 1.25. The number of nitro benzene ring substituents is 1. The Balaban J connectivity index is 2.49. The van der Waals surface area contributed by atoms with Gasteiger partial charge in [0.15, 0.2) is 0 Å². The first-order chi connectivity index (χ1) is 9.90. The fourth-order valence-electron chi connectivity index (χ4n) is 1.84. The SMILES string of the molecule is CC(C)c1c(N)ncnc1Oc1ccc(Cl)cc1[N+](=O)[O-]. The van der Waals surface area contributed by atoms with Crippen LogP contribution in [0.1, 0.15) is 25.3 Å². The normalized spacial score (nSPS) is 10.7. The highest BCUT2D eigenvalue weighted by molar-refractivity contribution is 6.30. The van der Waals surface area contributed by atoms with Crippen molar-refractivity contribution in [1.29, 1.82) is 0 Å². The molecule has 0 atom stereocenters. The molecule has 7 nitrogen and oxygen atoms in total. The van der Waals surface area contributed by atoms with Gasteiger partial charge in [0.1, 0.15) is 12.1 Å². The van der Waals surface area contributed by atoms with Crippen LogP contribution in [-0.4, -0.2) is 14.9 Å². The molecule has 110 valence electrons. The lowest BCUT2D eigenvalue weighted by atomic mass is 10.1. The van der Waals surface area contributed by atoms with Gasteiger partial charge < -0.3 is 10.5 Å². The van der Waals surface area contributed by atoms with Crippen LogP contribution in [0, 0.1) is 10.1 Å². The first-order valence-electron chi connectivity index (χ1n) is 6.12. The van der Waals surface area contributed by atoms with Crippen LogP contribution in [0.2, 0.25) is 5.02 Å². The van der Waals surface area contributed by atoms with E-state index in [1.807, 2.05) is 13.8 Å². The van der Waals surface area contributed by atoms with E-state index in [0.717, 1.165) is 0 Å². The molecule has 1 aromatic heterocycles. The maximum absolute atomic E-state index is 11.1. The highest BCUT2D eigenvalue weighted by atomic mass is 35.5. The molecule has 0 spiro atoms. The zero-order valence-corrected chi connectivity index (χ0v) is 12.2. The fourth-order valence-corrected chi connectivity index (χ4v) is 2.01. The number of rotatable bonds is 4. The Morgan fingerprint density at radius 1 is 1.38 bits per heavy atom. The lowest BCUT2D eigenvalue weighted by Crippen LogP contribution is -2.05. The minimum atomic E-state index is -0.569. The van der Waals surface area contributed by atoms with Crippen LogP contribution in [-0.2, 0) is 0 Å². The van der Waals surface area contributed by atoms with Crippen molar-refractivity contribution < 1.29 is 9.66 Å². The first kappa shape index (κ1) is 15.0. The number of nitrogen functional groups attached to an aromatic ring is 1. The Kier molecular flexibility index (Phi) is 4.23. The van der Waals surface area contributed by atoms with Gasteiger partial charge in [-0.2, -0.15) is 0 Å². The van der Waals surface area contributed by atoms with E-state index < -0.39 is 4.92 Å². The van der Waals surface area contributed by atoms with Gasteiger partial charge in [-0.3, -0.25) is 10.1 Å². The standard InChI is InChI=1S/C13H13ClN4O3/c1-7(2)11-12(15)16-6-17-13(11)21-10-4-3-8(14)5-9(10)18(19)20/h3-7H,1-2H3,(H2,15,16,17). The largest absolute Gasteiger partial charge is 0.431 e. The van der Waals surface area contributed by atoms with Gasteiger partial charge in [-0.1, -0.05) is 25.4 Å². The first-order valence-corrected chi connectivity index (χ1v) is 6.50. The fraction of sp³-hybridized carbons (Fsp3) is 0.231. The second kappa shape index (κ2) is 5.92. The molecule has 0 unspecified atom stereocenters. The van der Waals surface area contributed by atoms with Gasteiger partial charge in [0.2, 0.25) is 11.6 Å². The number of nitro groups is 1. The zero-order valence-electron chi connectivity index (χ0n) is 11.4. The Morgan fingerprint density at radius 2 is 2.10 bits per heavy atom. The molecule has 0 aliphatic heterocycles. The number of hydrogen-bond acceptors (Lipinski definition) is 6. The Bertz CT molecular complexity index is 691. The Labute approximate surface area is 125 Å². The monoisotopic (exact) mass is 308 g/mol. The van der Waals surface area contributed by atoms with Crippen molar-refractivity contribution in [3.05, 3.63) is 45.2 Å². The van der Waals surface area contributed by atoms with Gasteiger partial charge in [0, 0.05) is 11.1 Å². The van der Waals surface area contributed by atoms with E-state index in [9.17, 15) is 10.1 Å². The average Bonchev–Trinajstić information content (AvgIpc) is 2.40. The summed E-state index contributed by atoms with van der Waals surface area (Å²) < 4.78 is 5.57. The van der Waals surface area contributed by atoms with Gasteiger partial charge in [-0.25, -0.2) is 9.97 Å². The number of ether oxygens (including phenoxy) is 1. The molecule has 0 aliphatic rings. The minimum Gasteiger partial charge on any atom is -0.431 e. The molecule has 8 heteroatoms. The van der Waals surface area contributed by atoms with Crippen LogP contribution in [0.25, 0.3) is 0 Å². The van der Waals surface area contributed by atoms with Gasteiger partial charge in [-0.05, 0) is 18.1 Å². The molecular weight excluding hydrogens is 296 g/mol. The number of nitrogens with zero attached hydrogens (tertiary/aromatic N) is 3. The Morgan fingerprint density at radius 3 is 2.71 bits per heavy atom. The molecule has 1 aromatic carbocycles. The summed E-state index contributed by atoms with van der Waals surface area (Å²) in [4.78, 5) is 18.4. The molecule has 0 saturated heterocycles. The molecule has 2 aromatic rings. The van der Waals surface area contributed by atoms with Crippen molar-refractivity contribution in [2.24, 2.45) is 0 Å². The third kappa shape index (κ3) is 3.19. The number of nitrogens with two attached hydrogens (primary N) is 1. The van der Waals surface area contributed by atoms with Crippen LogP contribution >= 0.6 is 11.6 Å². The highest BCUT2D eigenvalue weighted by Crippen LogP contribution is 2.36. The van der Waals surface area contributed by atoms with Gasteiger partial charge in [0.25, 0.3) is 0 Å². The zero-order chi connectivity index (χ0) is 15.6. The lowest BCUT2D eigenvalue weighted by Gasteiger charge is -2.13. The number of aromatic nitrogens is 2. The van der Waals surface area contributed by atoms with E-state index in [1.54, 1.807) is 0 Å². The lowest BCUT2D eigenvalue weighted by molar-refractivity contribution is -0.385. The van der Waals surface area contributed by atoms with E-state index in [4.69, 9.17) is 22.1 Å². The predicted molar refractivity (Wildman–Crippen MR) is 78.7 cm³/mol. The van der Waals surface area contributed by atoms with Crippen molar-refractivity contribution in [3.63, 3.8) is 0 Å². The van der Waals surface area contributed by atoms with Crippen LogP contribution in [0.5, 0.6) is 11.6 Å². The summed E-state index contributed by atoms with van der Waals surface area (Å²) in [7, 11) is 0. The van der Waals surface area contributed by atoms with E-state index in [2.05, 4.69) is 9.97 Å². The summed E-state index contributed by atoms with van der Waals surface area (Å²) in [5, 5.41) is 11.3. The molecule has 0 fully saturated rings. The van der Waals surface area contributed by atoms with E-state index in [1.165, 1.54) is 24.5 Å². The van der Waals surface area contributed by atoms with Crippen LogP contribution in [0.4, 0.5) is 11.5 Å². The summed E-state index contributed by atoms with van der Waals surface area (Å²) in [6.45, 7) is 3.80. The maximum Gasteiger partial charge on any atom is 0.313 e. The summed E-state index contributed by atoms with van der Waals surface area (Å²) in [5.74, 6) is 0.534. The van der Waals surface area contributed by atoms with E-state index in [0.29, 0.717) is 5.56 Å². The third-order valence-corrected chi connectivity index (χ3v) is 3.01. The molecule has 0 amide bonds. The second-order valence-corrected chi connectivity index (χ2v) is 5.04. The summed E-state index contributed by atoms with van der Waals surface area (Å²) in [5.41, 5.74) is 6.17. The molecule has 1 heterocycles. The average molecular weight is 309 g/mol. The van der Waals surface area contributed by atoms with Crippen LogP contribution in [0.15, 0.2) is 24.5 Å². The summed E-state index contributed by atoms with van der Waals surface area (Å²) >= 11 is 5.77. The number of hydrogen-bond donors (Lipinski definition) is 1. The quantitative estimate of drug-likeness (QED) is 0.684. The molecule has 0 bridgehead atoms. The molecule has 0 aliphatic carbocycles. The van der Waals surface area contributed by atoms with Crippen molar-refractivity contribution in [2.45, 2.75) is 19.8 Å². The molecule has 0 saturated carbocycles. The smallest absolute Gasteiger partial charge is 0.313 e. The highest BCUT2D eigenvalue weighted by Gasteiger charge is 2.20. The van der Waals surface area contributed by atoms with Crippen molar-refractivity contribution in [3.8, 4) is 11.6 Å². The topological polar surface area (TPSA) is 104 Å². The molecule has 0 radical (unpaired) electrons. The minimum absolute atomic E-state index is 0.00700. The Hall–Kier alpha value is -2.41. The van der Waals surface area contributed by atoms with E-state index >= 15 is 0 Å². The molecule has 2 N–H and O–H groups in total. The van der Waals surface area contributed by atoms with Gasteiger partial charge >= 0.3 is 5.69 Å². The number of benzene rings is 1. The molecule has 2 rings (SSSR count). The van der Waals surface area contributed by atoms with Crippen molar-refractivity contribution in [1.82, 2.24) is 9.97 Å². The van der Waals surface area contributed by atoms with Crippen LogP contribution < -0.4 is 10.5 Å². The third-order valence-electron chi connectivity index (χ3n) is 2.78. The van der Waals surface area contributed by atoms with Crippen molar-refractivity contribution in [2.75, 3.05) is 5.73 Å². The molecular formula is C13H13ClN4O3. The maximum atomic E-state index is 11.1. The van der Waals surface area contributed by atoms with E-state index in [-0.39, 0.29) is 34.1 Å². The number of anilines is 1.